The maximum absolute atomic E-state index is 11.9. The van der Waals surface area contributed by atoms with Gasteiger partial charge in [0.1, 0.15) is 5.75 Å². The van der Waals surface area contributed by atoms with E-state index in [1.807, 2.05) is 36.1 Å². The highest BCUT2D eigenvalue weighted by atomic mass is 16.5. The summed E-state index contributed by atoms with van der Waals surface area (Å²) in [6.07, 6.45) is 0. The normalized spacial score (nSPS) is 15.2. The molecule has 2 rings (SSSR count). The lowest BCUT2D eigenvalue weighted by Gasteiger charge is -2.26. The van der Waals surface area contributed by atoms with Crippen LogP contribution in [0.15, 0.2) is 24.3 Å². The number of benzene rings is 1. The van der Waals surface area contributed by atoms with Crippen LogP contribution in [-0.2, 0) is 16.1 Å². The Kier molecular flexibility index (Phi) is 5.83. The summed E-state index contributed by atoms with van der Waals surface area (Å²) < 4.78 is 10.7. The van der Waals surface area contributed by atoms with Crippen molar-refractivity contribution in [2.24, 2.45) is 0 Å². The van der Waals surface area contributed by atoms with Crippen molar-refractivity contribution in [1.82, 2.24) is 10.2 Å². The van der Waals surface area contributed by atoms with Gasteiger partial charge in [0.05, 0.1) is 26.4 Å². The maximum Gasteiger partial charge on any atom is 0.236 e. The van der Waals surface area contributed by atoms with E-state index in [-0.39, 0.29) is 5.91 Å². The molecule has 1 fully saturated rings. The number of carbonyl (C=O) groups excluding carboxylic acids is 1. The number of carbonyl (C=O) groups is 1. The van der Waals surface area contributed by atoms with Gasteiger partial charge >= 0.3 is 0 Å². The van der Waals surface area contributed by atoms with Crippen molar-refractivity contribution in [3.8, 4) is 5.75 Å². The predicted octanol–water partition coefficient (Wildman–Crippen LogP) is 1.03. The molecule has 5 nitrogen and oxygen atoms in total. The fraction of sp³-hybridized carbons (Fsp3) is 0.533. The Labute approximate surface area is 119 Å². The molecule has 1 amide bonds. The summed E-state index contributed by atoms with van der Waals surface area (Å²) in [5.41, 5.74) is 1.12. The summed E-state index contributed by atoms with van der Waals surface area (Å²) in [4.78, 5) is 13.8. The molecule has 0 spiro atoms. The second kappa shape index (κ2) is 7.87. The zero-order valence-corrected chi connectivity index (χ0v) is 11.9. The lowest BCUT2D eigenvalue weighted by molar-refractivity contribution is -0.134. The molecule has 0 saturated carbocycles. The first kappa shape index (κ1) is 14.8. The number of nitrogens with one attached hydrogen (secondary N) is 1. The molecule has 0 aliphatic carbocycles. The van der Waals surface area contributed by atoms with E-state index in [4.69, 9.17) is 9.47 Å². The molecular weight excluding hydrogens is 256 g/mol. The van der Waals surface area contributed by atoms with Gasteiger partial charge < -0.3 is 19.7 Å². The van der Waals surface area contributed by atoms with Crippen LogP contribution >= 0.6 is 0 Å². The average molecular weight is 278 g/mol. The smallest absolute Gasteiger partial charge is 0.236 e. The van der Waals surface area contributed by atoms with Gasteiger partial charge in [-0.1, -0.05) is 12.1 Å². The third-order valence-electron chi connectivity index (χ3n) is 3.18. The summed E-state index contributed by atoms with van der Waals surface area (Å²) in [6, 6.07) is 7.92. The van der Waals surface area contributed by atoms with Crippen molar-refractivity contribution in [1.29, 1.82) is 0 Å². The molecule has 0 aromatic heterocycles. The van der Waals surface area contributed by atoms with Gasteiger partial charge in [0.2, 0.25) is 5.91 Å². The Bertz CT molecular complexity index is 431. The molecule has 1 aliphatic heterocycles. The minimum atomic E-state index is 0.134. The first-order valence-corrected chi connectivity index (χ1v) is 7.07. The topological polar surface area (TPSA) is 50.8 Å². The van der Waals surface area contributed by atoms with Crippen LogP contribution in [0.5, 0.6) is 5.75 Å². The van der Waals surface area contributed by atoms with E-state index in [0.29, 0.717) is 46.0 Å². The summed E-state index contributed by atoms with van der Waals surface area (Å²) in [5, 5.41) is 3.18. The molecule has 0 radical (unpaired) electrons. The van der Waals surface area contributed by atoms with Gasteiger partial charge in [-0.25, -0.2) is 0 Å². The first-order chi connectivity index (χ1) is 9.79. The third kappa shape index (κ3) is 4.51. The van der Waals surface area contributed by atoms with E-state index < -0.39 is 0 Å². The molecule has 0 unspecified atom stereocenters. The monoisotopic (exact) mass is 278 g/mol. The van der Waals surface area contributed by atoms with E-state index in [1.54, 1.807) is 0 Å². The average Bonchev–Trinajstić information content (AvgIpc) is 2.49. The standard InChI is InChI=1S/C15H22N2O3/c1-2-20-14-5-3-4-13(10-14)11-16-12-15(18)17-6-8-19-9-7-17/h3-5,10,16H,2,6-9,11-12H2,1H3. The van der Waals surface area contributed by atoms with Gasteiger partial charge in [0.25, 0.3) is 0 Å². The second-order valence-electron chi connectivity index (χ2n) is 4.68. The highest BCUT2D eigenvalue weighted by Gasteiger charge is 2.15. The van der Waals surface area contributed by atoms with E-state index in [9.17, 15) is 4.79 Å². The van der Waals surface area contributed by atoms with Crippen LogP contribution in [0.2, 0.25) is 0 Å². The molecule has 1 aliphatic rings. The molecule has 110 valence electrons. The van der Waals surface area contributed by atoms with Crippen LogP contribution in [0.3, 0.4) is 0 Å². The SMILES string of the molecule is CCOc1cccc(CNCC(=O)N2CCOCC2)c1. The summed E-state index contributed by atoms with van der Waals surface area (Å²) in [7, 11) is 0. The number of hydrogen-bond donors (Lipinski definition) is 1. The number of nitrogens with zero attached hydrogens (tertiary/aromatic N) is 1. The van der Waals surface area contributed by atoms with E-state index in [2.05, 4.69) is 5.32 Å². The van der Waals surface area contributed by atoms with Gasteiger partial charge in [0, 0.05) is 19.6 Å². The summed E-state index contributed by atoms with van der Waals surface area (Å²) in [6.45, 7) is 6.32. The third-order valence-corrected chi connectivity index (χ3v) is 3.18. The molecule has 0 atom stereocenters. The van der Waals surface area contributed by atoms with Crippen LogP contribution in [0.1, 0.15) is 12.5 Å². The van der Waals surface area contributed by atoms with Gasteiger partial charge in [0.15, 0.2) is 0 Å². The van der Waals surface area contributed by atoms with Crippen molar-refractivity contribution in [2.45, 2.75) is 13.5 Å². The van der Waals surface area contributed by atoms with Crippen molar-refractivity contribution in [3.05, 3.63) is 29.8 Å². The molecule has 1 N–H and O–H groups in total. The fourth-order valence-electron chi connectivity index (χ4n) is 2.15. The minimum Gasteiger partial charge on any atom is -0.494 e. The number of amides is 1. The quantitative estimate of drug-likeness (QED) is 0.844. The van der Waals surface area contributed by atoms with Gasteiger partial charge in [-0.05, 0) is 24.6 Å². The largest absolute Gasteiger partial charge is 0.494 e. The maximum atomic E-state index is 11.9. The zero-order valence-electron chi connectivity index (χ0n) is 11.9. The number of hydrogen-bond acceptors (Lipinski definition) is 4. The van der Waals surface area contributed by atoms with E-state index in [1.165, 1.54) is 0 Å². The summed E-state index contributed by atoms with van der Waals surface area (Å²) in [5.74, 6) is 1.00. The Morgan fingerprint density at radius 3 is 2.95 bits per heavy atom. The van der Waals surface area contributed by atoms with Gasteiger partial charge in [-0.2, -0.15) is 0 Å². The van der Waals surface area contributed by atoms with Crippen LogP contribution in [-0.4, -0.2) is 50.3 Å². The van der Waals surface area contributed by atoms with E-state index >= 15 is 0 Å². The predicted molar refractivity (Wildman–Crippen MR) is 76.7 cm³/mol. The van der Waals surface area contributed by atoms with Crippen LogP contribution in [0, 0.1) is 0 Å². The van der Waals surface area contributed by atoms with Gasteiger partial charge in [-0.3, -0.25) is 4.79 Å². The molecule has 0 bridgehead atoms. The highest BCUT2D eigenvalue weighted by molar-refractivity contribution is 5.78. The molecule has 1 heterocycles. The lowest BCUT2D eigenvalue weighted by atomic mass is 10.2. The number of morpholine rings is 1. The molecule has 5 heteroatoms. The van der Waals surface area contributed by atoms with Crippen LogP contribution < -0.4 is 10.1 Å². The van der Waals surface area contributed by atoms with Crippen molar-refractivity contribution in [3.63, 3.8) is 0 Å². The van der Waals surface area contributed by atoms with Crippen molar-refractivity contribution >= 4 is 5.91 Å². The van der Waals surface area contributed by atoms with Crippen molar-refractivity contribution < 1.29 is 14.3 Å². The molecule has 1 aromatic rings. The van der Waals surface area contributed by atoms with Gasteiger partial charge in [-0.15, -0.1) is 0 Å². The Morgan fingerprint density at radius 2 is 2.20 bits per heavy atom. The zero-order chi connectivity index (χ0) is 14.2. The molecule has 1 aromatic carbocycles. The highest BCUT2D eigenvalue weighted by Crippen LogP contribution is 2.12. The summed E-state index contributed by atoms with van der Waals surface area (Å²) >= 11 is 0. The molecule has 20 heavy (non-hydrogen) atoms. The molecule has 1 saturated heterocycles. The Balaban J connectivity index is 1.74. The fourth-order valence-corrected chi connectivity index (χ4v) is 2.15. The van der Waals surface area contributed by atoms with Crippen molar-refractivity contribution in [2.75, 3.05) is 39.5 Å². The lowest BCUT2D eigenvalue weighted by Crippen LogP contribution is -2.44. The number of ether oxygens (including phenoxy) is 2. The second-order valence-corrected chi connectivity index (χ2v) is 4.68. The van der Waals surface area contributed by atoms with Crippen LogP contribution in [0.4, 0.5) is 0 Å². The first-order valence-electron chi connectivity index (χ1n) is 7.07. The minimum absolute atomic E-state index is 0.134. The van der Waals surface area contributed by atoms with Crippen LogP contribution in [0.25, 0.3) is 0 Å². The molecular formula is C15H22N2O3. The Hall–Kier alpha value is -1.59. The number of rotatable bonds is 6. The van der Waals surface area contributed by atoms with E-state index in [0.717, 1.165) is 11.3 Å². The Morgan fingerprint density at radius 1 is 1.40 bits per heavy atom.